The monoisotopic (exact) mass is 338 g/mol. The van der Waals surface area contributed by atoms with Gasteiger partial charge in [-0.05, 0) is 36.4 Å². The molecule has 1 amide bonds. The first kappa shape index (κ1) is 17.5. The molecule has 0 bridgehead atoms. The second kappa shape index (κ2) is 8.14. The quantitative estimate of drug-likeness (QED) is 0.818. The summed E-state index contributed by atoms with van der Waals surface area (Å²) >= 11 is 0. The molecule has 1 saturated heterocycles. The molecule has 0 spiro atoms. The minimum absolute atomic E-state index is 0.103. The topological polar surface area (TPSA) is 61.6 Å². The SMILES string of the molecule is CN1CCN(Cc2ccc(CNC(=O)c3cccc(N)c3)cc2)CC1. The highest BCUT2D eigenvalue weighted by Crippen LogP contribution is 2.11. The van der Waals surface area contributed by atoms with Gasteiger partial charge in [0.15, 0.2) is 0 Å². The number of nitrogens with two attached hydrogens (primary N) is 1. The Morgan fingerprint density at radius 2 is 1.72 bits per heavy atom. The molecule has 0 unspecified atom stereocenters. The van der Waals surface area contributed by atoms with Crippen LogP contribution in [-0.4, -0.2) is 48.9 Å². The first-order valence-electron chi connectivity index (χ1n) is 8.72. The molecular weight excluding hydrogens is 312 g/mol. The average Bonchev–Trinajstić information content (AvgIpc) is 2.63. The van der Waals surface area contributed by atoms with Crippen molar-refractivity contribution in [1.82, 2.24) is 15.1 Å². The van der Waals surface area contributed by atoms with Crippen molar-refractivity contribution >= 4 is 11.6 Å². The normalized spacial score (nSPS) is 15.9. The summed E-state index contributed by atoms with van der Waals surface area (Å²) in [5, 5.41) is 2.94. The fourth-order valence-corrected chi connectivity index (χ4v) is 2.99. The van der Waals surface area contributed by atoms with E-state index in [1.54, 1.807) is 24.3 Å². The zero-order chi connectivity index (χ0) is 17.6. The van der Waals surface area contributed by atoms with E-state index in [1.807, 2.05) is 0 Å². The van der Waals surface area contributed by atoms with Crippen molar-refractivity contribution in [2.24, 2.45) is 0 Å². The van der Waals surface area contributed by atoms with Gasteiger partial charge in [0, 0.05) is 50.5 Å². The summed E-state index contributed by atoms with van der Waals surface area (Å²) in [6.45, 7) is 6.01. The molecule has 2 aromatic carbocycles. The molecule has 5 nitrogen and oxygen atoms in total. The van der Waals surface area contributed by atoms with Crippen LogP contribution < -0.4 is 11.1 Å². The molecule has 1 heterocycles. The highest BCUT2D eigenvalue weighted by atomic mass is 16.1. The van der Waals surface area contributed by atoms with E-state index in [4.69, 9.17) is 5.73 Å². The van der Waals surface area contributed by atoms with Gasteiger partial charge in [-0.25, -0.2) is 0 Å². The number of rotatable bonds is 5. The van der Waals surface area contributed by atoms with Gasteiger partial charge in [-0.1, -0.05) is 30.3 Å². The summed E-state index contributed by atoms with van der Waals surface area (Å²) in [6.07, 6.45) is 0. The minimum Gasteiger partial charge on any atom is -0.399 e. The number of benzene rings is 2. The van der Waals surface area contributed by atoms with Crippen molar-refractivity contribution in [3.63, 3.8) is 0 Å². The molecule has 0 atom stereocenters. The van der Waals surface area contributed by atoms with E-state index in [1.165, 1.54) is 5.56 Å². The largest absolute Gasteiger partial charge is 0.399 e. The molecule has 1 aliphatic rings. The molecule has 0 radical (unpaired) electrons. The van der Waals surface area contributed by atoms with Gasteiger partial charge in [-0.3, -0.25) is 9.69 Å². The number of anilines is 1. The van der Waals surface area contributed by atoms with E-state index in [9.17, 15) is 4.79 Å². The van der Waals surface area contributed by atoms with Crippen molar-refractivity contribution < 1.29 is 4.79 Å². The van der Waals surface area contributed by atoms with E-state index in [-0.39, 0.29) is 5.91 Å². The van der Waals surface area contributed by atoms with E-state index in [0.717, 1.165) is 38.3 Å². The minimum atomic E-state index is -0.103. The van der Waals surface area contributed by atoms with Gasteiger partial charge >= 0.3 is 0 Å². The predicted octanol–water partition coefficient (Wildman–Crippen LogP) is 1.95. The third-order valence-electron chi connectivity index (χ3n) is 4.63. The summed E-state index contributed by atoms with van der Waals surface area (Å²) < 4.78 is 0. The van der Waals surface area contributed by atoms with Crippen LogP contribution in [0.5, 0.6) is 0 Å². The van der Waals surface area contributed by atoms with Crippen LogP contribution in [0.2, 0.25) is 0 Å². The molecule has 3 N–H and O–H groups in total. The molecule has 25 heavy (non-hydrogen) atoms. The number of hydrogen-bond donors (Lipinski definition) is 2. The fourth-order valence-electron chi connectivity index (χ4n) is 2.99. The molecule has 5 heteroatoms. The van der Waals surface area contributed by atoms with Crippen LogP contribution >= 0.6 is 0 Å². The van der Waals surface area contributed by atoms with Crippen LogP contribution in [0.4, 0.5) is 5.69 Å². The lowest BCUT2D eigenvalue weighted by Crippen LogP contribution is -2.43. The molecular formula is C20H26N4O. The Morgan fingerprint density at radius 1 is 1.04 bits per heavy atom. The molecule has 2 aromatic rings. The number of piperazine rings is 1. The van der Waals surface area contributed by atoms with E-state index in [0.29, 0.717) is 17.8 Å². The predicted molar refractivity (Wildman–Crippen MR) is 101 cm³/mol. The molecule has 132 valence electrons. The first-order valence-corrected chi connectivity index (χ1v) is 8.72. The van der Waals surface area contributed by atoms with E-state index in [2.05, 4.69) is 46.4 Å². The van der Waals surface area contributed by atoms with Crippen LogP contribution in [0.1, 0.15) is 21.5 Å². The third-order valence-corrected chi connectivity index (χ3v) is 4.63. The van der Waals surface area contributed by atoms with Crippen LogP contribution in [0.25, 0.3) is 0 Å². The van der Waals surface area contributed by atoms with Gasteiger partial charge in [-0.2, -0.15) is 0 Å². The van der Waals surface area contributed by atoms with Crippen LogP contribution in [-0.2, 0) is 13.1 Å². The Bertz CT molecular complexity index is 706. The maximum Gasteiger partial charge on any atom is 0.251 e. The number of hydrogen-bond acceptors (Lipinski definition) is 4. The average molecular weight is 338 g/mol. The maximum absolute atomic E-state index is 12.1. The van der Waals surface area contributed by atoms with E-state index < -0.39 is 0 Å². The van der Waals surface area contributed by atoms with Crippen LogP contribution in [0, 0.1) is 0 Å². The number of carbonyl (C=O) groups is 1. The number of carbonyl (C=O) groups excluding carboxylic acids is 1. The van der Waals surface area contributed by atoms with Crippen LogP contribution in [0.3, 0.4) is 0 Å². The Kier molecular flexibility index (Phi) is 5.68. The Hall–Kier alpha value is -2.37. The number of nitrogen functional groups attached to an aromatic ring is 1. The molecule has 1 fully saturated rings. The molecule has 0 aromatic heterocycles. The van der Waals surface area contributed by atoms with Crippen molar-refractivity contribution in [2.75, 3.05) is 39.0 Å². The number of nitrogens with zero attached hydrogens (tertiary/aromatic N) is 2. The Morgan fingerprint density at radius 3 is 2.40 bits per heavy atom. The summed E-state index contributed by atoms with van der Waals surface area (Å²) in [6, 6.07) is 15.5. The molecule has 0 saturated carbocycles. The maximum atomic E-state index is 12.1. The molecule has 3 rings (SSSR count). The second-order valence-corrected chi connectivity index (χ2v) is 6.70. The lowest BCUT2D eigenvalue weighted by molar-refractivity contribution is 0.0951. The summed E-state index contributed by atoms with van der Waals surface area (Å²) in [5.41, 5.74) is 9.32. The smallest absolute Gasteiger partial charge is 0.251 e. The van der Waals surface area contributed by atoms with Crippen molar-refractivity contribution in [1.29, 1.82) is 0 Å². The van der Waals surface area contributed by atoms with Gasteiger partial charge in [0.2, 0.25) is 0 Å². The van der Waals surface area contributed by atoms with Crippen molar-refractivity contribution in [2.45, 2.75) is 13.1 Å². The zero-order valence-electron chi connectivity index (χ0n) is 14.7. The van der Waals surface area contributed by atoms with Gasteiger partial charge in [0.1, 0.15) is 0 Å². The molecule has 0 aliphatic carbocycles. The number of likely N-dealkylation sites (N-methyl/N-ethyl adjacent to an activating group) is 1. The van der Waals surface area contributed by atoms with Crippen molar-refractivity contribution in [3.8, 4) is 0 Å². The Labute approximate surface area is 149 Å². The van der Waals surface area contributed by atoms with Gasteiger partial charge < -0.3 is 16.0 Å². The second-order valence-electron chi connectivity index (χ2n) is 6.70. The lowest BCUT2D eigenvalue weighted by atomic mass is 10.1. The lowest BCUT2D eigenvalue weighted by Gasteiger charge is -2.32. The number of nitrogens with one attached hydrogen (secondary N) is 1. The summed E-state index contributed by atoms with van der Waals surface area (Å²) in [4.78, 5) is 17.0. The fraction of sp³-hybridized carbons (Fsp3) is 0.350. The first-order chi connectivity index (χ1) is 12.1. The Balaban J connectivity index is 1.50. The van der Waals surface area contributed by atoms with Gasteiger partial charge in [0.25, 0.3) is 5.91 Å². The van der Waals surface area contributed by atoms with Crippen LogP contribution in [0.15, 0.2) is 48.5 Å². The molecule has 1 aliphatic heterocycles. The van der Waals surface area contributed by atoms with E-state index >= 15 is 0 Å². The highest BCUT2D eigenvalue weighted by Gasteiger charge is 2.13. The van der Waals surface area contributed by atoms with Gasteiger partial charge in [-0.15, -0.1) is 0 Å². The summed E-state index contributed by atoms with van der Waals surface area (Å²) in [5.74, 6) is -0.103. The standard InChI is InChI=1S/C20H26N4O/c1-23-9-11-24(12-10-23)15-17-7-5-16(6-8-17)14-22-20(25)18-3-2-4-19(21)13-18/h2-8,13H,9-12,14-15,21H2,1H3,(H,22,25). The zero-order valence-corrected chi connectivity index (χ0v) is 14.7. The highest BCUT2D eigenvalue weighted by molar-refractivity contribution is 5.94. The van der Waals surface area contributed by atoms with Crippen molar-refractivity contribution in [3.05, 3.63) is 65.2 Å². The number of amides is 1. The third kappa shape index (κ3) is 5.05. The van der Waals surface area contributed by atoms with Gasteiger partial charge in [0.05, 0.1) is 0 Å². The summed E-state index contributed by atoms with van der Waals surface area (Å²) in [7, 11) is 2.17.